The number of fused-ring (bicyclic) bond motifs is 2. The van der Waals surface area contributed by atoms with Gasteiger partial charge in [-0.15, -0.1) is 0 Å². The molecule has 0 unspecified atom stereocenters. The fourth-order valence-corrected chi connectivity index (χ4v) is 5.39. The summed E-state index contributed by atoms with van der Waals surface area (Å²) in [5, 5.41) is 21.9. The standard InChI is InChI=1S/C18H26O3/c1-11-6-7-12-15(20)18-9-5-4-8-17(18,21-18)10-13(14(11)19)16(12,2)3/h6-7,12-13,15,19-20H,4-5,8-10H2,1-3H3/t12-,13-,15+,17+,18-/m0/s1. The lowest BCUT2D eigenvalue weighted by atomic mass is 9.66. The number of ether oxygens (including phenoxy) is 1. The first-order valence-electron chi connectivity index (χ1n) is 8.30. The van der Waals surface area contributed by atoms with Crippen LogP contribution in [0.2, 0.25) is 0 Å². The van der Waals surface area contributed by atoms with E-state index in [1.165, 1.54) is 6.42 Å². The third-order valence-electron chi connectivity index (χ3n) is 6.88. The molecule has 5 atom stereocenters. The number of epoxide rings is 1. The minimum absolute atomic E-state index is 0.0320. The summed E-state index contributed by atoms with van der Waals surface area (Å²) in [6.45, 7) is 6.34. The summed E-state index contributed by atoms with van der Waals surface area (Å²) < 4.78 is 6.26. The Balaban J connectivity index is 1.87. The molecule has 2 saturated carbocycles. The van der Waals surface area contributed by atoms with E-state index in [1.54, 1.807) is 0 Å². The number of allylic oxidation sites excluding steroid dienone is 3. The predicted molar refractivity (Wildman–Crippen MR) is 80.9 cm³/mol. The quantitative estimate of drug-likeness (QED) is 0.671. The van der Waals surface area contributed by atoms with Crippen LogP contribution in [0.25, 0.3) is 0 Å². The van der Waals surface area contributed by atoms with Crippen LogP contribution in [0.1, 0.15) is 52.9 Å². The molecule has 21 heavy (non-hydrogen) atoms. The zero-order chi connectivity index (χ0) is 15.0. The van der Waals surface area contributed by atoms with Crippen molar-refractivity contribution in [2.24, 2.45) is 17.3 Å². The molecule has 0 aromatic carbocycles. The Bertz CT molecular complexity index is 547. The molecule has 1 saturated heterocycles. The summed E-state index contributed by atoms with van der Waals surface area (Å²) in [5.41, 5.74) is 0.237. The van der Waals surface area contributed by atoms with Gasteiger partial charge in [-0.3, -0.25) is 0 Å². The molecular formula is C18H26O3. The Labute approximate surface area is 126 Å². The Morgan fingerprint density at radius 1 is 1.24 bits per heavy atom. The molecule has 4 rings (SSSR count). The van der Waals surface area contributed by atoms with Crippen molar-refractivity contribution in [3.63, 3.8) is 0 Å². The zero-order valence-corrected chi connectivity index (χ0v) is 13.2. The van der Waals surface area contributed by atoms with E-state index in [9.17, 15) is 10.2 Å². The van der Waals surface area contributed by atoms with Gasteiger partial charge in [0.2, 0.25) is 0 Å². The van der Waals surface area contributed by atoms with E-state index in [1.807, 2.05) is 13.0 Å². The van der Waals surface area contributed by atoms with Crippen LogP contribution in [0.3, 0.4) is 0 Å². The largest absolute Gasteiger partial charge is 0.512 e. The number of rotatable bonds is 0. The topological polar surface area (TPSA) is 53.0 Å². The van der Waals surface area contributed by atoms with E-state index in [-0.39, 0.29) is 28.5 Å². The van der Waals surface area contributed by atoms with Crippen molar-refractivity contribution in [2.45, 2.75) is 70.2 Å². The molecule has 3 nitrogen and oxygen atoms in total. The maximum atomic E-state index is 11.1. The van der Waals surface area contributed by atoms with Gasteiger partial charge in [0.15, 0.2) is 0 Å². The Hall–Kier alpha value is -0.800. The average molecular weight is 290 g/mol. The fourth-order valence-electron chi connectivity index (χ4n) is 5.39. The summed E-state index contributed by atoms with van der Waals surface area (Å²) in [6, 6.07) is 0. The van der Waals surface area contributed by atoms with Gasteiger partial charge in [-0.2, -0.15) is 0 Å². The molecule has 0 amide bonds. The Morgan fingerprint density at radius 2 is 1.95 bits per heavy atom. The molecule has 3 fully saturated rings. The highest BCUT2D eigenvalue weighted by molar-refractivity contribution is 5.35. The zero-order valence-electron chi connectivity index (χ0n) is 13.2. The van der Waals surface area contributed by atoms with E-state index in [0.717, 1.165) is 31.3 Å². The summed E-state index contributed by atoms with van der Waals surface area (Å²) in [4.78, 5) is 0. The van der Waals surface area contributed by atoms with Gasteiger partial charge in [0.05, 0.1) is 11.9 Å². The molecule has 0 spiro atoms. The fraction of sp³-hybridized carbons (Fsp3) is 0.778. The molecule has 0 aromatic rings. The van der Waals surface area contributed by atoms with Gasteiger partial charge < -0.3 is 14.9 Å². The molecule has 0 aromatic heterocycles. The van der Waals surface area contributed by atoms with Gasteiger partial charge in [-0.1, -0.05) is 38.8 Å². The van der Waals surface area contributed by atoms with Crippen LogP contribution in [0.4, 0.5) is 0 Å². The SMILES string of the molecule is CC1=C(O)[C@@H]2C[C@]34CCCC[C@]3(O4)[C@H](O)[C@H](C=C1)C2(C)C. The maximum Gasteiger partial charge on any atom is 0.124 e. The second-order valence-corrected chi connectivity index (χ2v) is 8.17. The van der Waals surface area contributed by atoms with E-state index in [4.69, 9.17) is 4.74 Å². The van der Waals surface area contributed by atoms with Crippen LogP contribution >= 0.6 is 0 Å². The third-order valence-corrected chi connectivity index (χ3v) is 6.88. The van der Waals surface area contributed by atoms with Gasteiger partial charge in [-0.25, -0.2) is 0 Å². The number of hydrogen-bond acceptors (Lipinski definition) is 3. The summed E-state index contributed by atoms with van der Waals surface area (Å²) in [6.07, 6.45) is 8.78. The number of hydrogen-bond donors (Lipinski definition) is 2. The third kappa shape index (κ3) is 1.52. The van der Waals surface area contributed by atoms with Crippen molar-refractivity contribution in [2.75, 3.05) is 0 Å². The van der Waals surface area contributed by atoms with Crippen LogP contribution in [0, 0.1) is 17.3 Å². The van der Waals surface area contributed by atoms with Gasteiger partial charge in [0, 0.05) is 11.8 Å². The summed E-state index contributed by atoms with van der Waals surface area (Å²) >= 11 is 0. The van der Waals surface area contributed by atoms with Crippen molar-refractivity contribution >= 4 is 0 Å². The van der Waals surface area contributed by atoms with E-state index < -0.39 is 6.10 Å². The van der Waals surface area contributed by atoms with Crippen LogP contribution in [-0.2, 0) is 4.74 Å². The molecule has 1 aliphatic heterocycles. The lowest BCUT2D eigenvalue weighted by molar-refractivity contribution is -0.0221. The first kappa shape index (κ1) is 13.8. The molecule has 2 N–H and O–H groups in total. The Morgan fingerprint density at radius 3 is 2.71 bits per heavy atom. The average Bonchev–Trinajstić information content (AvgIpc) is 3.14. The smallest absolute Gasteiger partial charge is 0.124 e. The van der Waals surface area contributed by atoms with Gasteiger partial charge in [0.1, 0.15) is 11.2 Å². The molecule has 2 bridgehead atoms. The van der Waals surface area contributed by atoms with Crippen molar-refractivity contribution in [1.82, 2.24) is 0 Å². The lowest BCUT2D eigenvalue weighted by Crippen LogP contribution is -2.45. The summed E-state index contributed by atoms with van der Waals surface area (Å²) in [5.74, 6) is 0.594. The molecule has 3 aliphatic carbocycles. The highest BCUT2D eigenvalue weighted by atomic mass is 16.6. The van der Waals surface area contributed by atoms with Gasteiger partial charge >= 0.3 is 0 Å². The van der Waals surface area contributed by atoms with Gasteiger partial charge in [0.25, 0.3) is 0 Å². The Kier molecular flexibility index (Phi) is 2.59. The number of aliphatic hydroxyl groups is 2. The first-order valence-corrected chi connectivity index (χ1v) is 8.30. The molecule has 0 radical (unpaired) electrons. The van der Waals surface area contributed by atoms with Crippen molar-refractivity contribution < 1.29 is 14.9 Å². The molecule has 1 heterocycles. The van der Waals surface area contributed by atoms with Crippen LogP contribution in [0.5, 0.6) is 0 Å². The molecular weight excluding hydrogens is 264 g/mol. The van der Waals surface area contributed by atoms with E-state index >= 15 is 0 Å². The lowest BCUT2D eigenvalue weighted by Gasteiger charge is -2.40. The van der Waals surface area contributed by atoms with Crippen molar-refractivity contribution in [3.05, 3.63) is 23.5 Å². The van der Waals surface area contributed by atoms with Crippen LogP contribution in [-0.4, -0.2) is 27.5 Å². The van der Waals surface area contributed by atoms with Crippen molar-refractivity contribution in [3.8, 4) is 0 Å². The highest BCUT2D eigenvalue weighted by Crippen LogP contribution is 2.69. The monoisotopic (exact) mass is 290 g/mol. The predicted octanol–water partition coefficient (Wildman–Crippen LogP) is 3.49. The van der Waals surface area contributed by atoms with Crippen LogP contribution < -0.4 is 0 Å². The first-order chi connectivity index (χ1) is 9.84. The molecule has 116 valence electrons. The highest BCUT2D eigenvalue weighted by Gasteiger charge is 2.77. The van der Waals surface area contributed by atoms with Crippen LogP contribution in [0.15, 0.2) is 23.5 Å². The minimum atomic E-state index is -0.465. The second-order valence-electron chi connectivity index (χ2n) is 8.17. The van der Waals surface area contributed by atoms with Crippen molar-refractivity contribution in [1.29, 1.82) is 0 Å². The van der Waals surface area contributed by atoms with Gasteiger partial charge in [-0.05, 0) is 37.2 Å². The number of aliphatic hydroxyl groups excluding tert-OH is 2. The molecule has 4 aliphatic rings. The second kappa shape index (κ2) is 3.94. The van der Waals surface area contributed by atoms with E-state index in [0.29, 0.717) is 5.76 Å². The minimum Gasteiger partial charge on any atom is -0.512 e. The maximum absolute atomic E-state index is 11.1. The van der Waals surface area contributed by atoms with E-state index in [2.05, 4.69) is 19.9 Å². The summed E-state index contributed by atoms with van der Waals surface area (Å²) in [7, 11) is 0. The molecule has 3 heteroatoms. The normalized spacial score (nSPS) is 50.8.